The summed E-state index contributed by atoms with van der Waals surface area (Å²) in [6.45, 7) is -0.263. The predicted octanol–water partition coefficient (Wildman–Crippen LogP) is 2.43. The van der Waals surface area contributed by atoms with E-state index in [-0.39, 0.29) is 24.4 Å². The minimum atomic E-state index is -0.718. The Kier molecular flexibility index (Phi) is 3.48. The molecule has 0 atom stereocenters. The molecule has 1 saturated heterocycles. The highest BCUT2D eigenvalue weighted by Crippen LogP contribution is 2.22. The van der Waals surface area contributed by atoms with Crippen molar-refractivity contribution in [2.75, 3.05) is 6.61 Å². The van der Waals surface area contributed by atoms with Crippen LogP contribution in [-0.2, 0) is 20.7 Å². The molecule has 0 spiro atoms. The third-order valence-electron chi connectivity index (χ3n) is 3.64. The molecule has 2 aromatic rings. The molecule has 3 rings (SSSR count). The molecule has 0 unspecified atom stereocenters. The number of carbonyl (C=O) groups is 2. The van der Waals surface area contributed by atoms with E-state index in [9.17, 15) is 14.7 Å². The number of ketones is 1. The van der Waals surface area contributed by atoms with Gasteiger partial charge in [-0.3, -0.25) is 4.79 Å². The monoisotopic (exact) mass is 285 g/mol. The molecule has 2 heterocycles. The number of esters is 1. The zero-order valence-electron chi connectivity index (χ0n) is 11.4. The third-order valence-corrected chi connectivity index (χ3v) is 3.64. The molecule has 1 aliphatic heterocycles. The maximum absolute atomic E-state index is 11.4. The second-order valence-corrected chi connectivity index (χ2v) is 5.03. The largest absolute Gasteiger partial charge is 0.511 e. The first kappa shape index (κ1) is 13.4. The van der Waals surface area contributed by atoms with Crippen LogP contribution in [0.2, 0.25) is 0 Å². The number of aliphatic hydroxyl groups excluding tert-OH is 1. The summed E-state index contributed by atoms with van der Waals surface area (Å²) < 4.78 is 4.60. The van der Waals surface area contributed by atoms with Gasteiger partial charge in [-0.1, -0.05) is 18.2 Å². The maximum atomic E-state index is 11.4. The number of aryl methyl sites for hydroxylation is 1. The smallest absolute Gasteiger partial charge is 0.345 e. The number of hydrogen-bond acceptors (Lipinski definition) is 4. The highest BCUT2D eigenvalue weighted by atomic mass is 16.5. The number of para-hydroxylation sites is 1. The number of nitrogens with one attached hydrogen (secondary N) is 1. The summed E-state index contributed by atoms with van der Waals surface area (Å²) in [4.78, 5) is 25.9. The molecular weight excluding hydrogens is 270 g/mol. The Bertz CT molecular complexity index is 724. The molecular formula is C16H15NO4. The molecule has 21 heavy (non-hydrogen) atoms. The van der Waals surface area contributed by atoms with Crippen LogP contribution in [0.15, 0.2) is 41.8 Å². The van der Waals surface area contributed by atoms with E-state index < -0.39 is 11.8 Å². The number of fused-ring (bicyclic) bond motifs is 1. The minimum Gasteiger partial charge on any atom is -0.511 e. The van der Waals surface area contributed by atoms with Crippen molar-refractivity contribution in [2.24, 2.45) is 0 Å². The lowest BCUT2D eigenvalue weighted by atomic mass is 10.0. The number of benzene rings is 1. The average molecular weight is 285 g/mol. The van der Waals surface area contributed by atoms with Gasteiger partial charge in [-0.05, 0) is 24.5 Å². The van der Waals surface area contributed by atoms with Crippen LogP contribution in [0.25, 0.3) is 10.9 Å². The van der Waals surface area contributed by atoms with Crippen LogP contribution in [-0.4, -0.2) is 28.4 Å². The molecule has 0 saturated carbocycles. The van der Waals surface area contributed by atoms with E-state index in [0.29, 0.717) is 6.42 Å². The molecule has 1 aromatic carbocycles. The standard InChI is InChI=1S/C16H15NO4/c18-13(15-14(19)9-21-16(15)20)7-3-4-10-8-17-12-6-2-1-5-11(10)12/h1-2,5-6,8,17-18H,3-4,7,9H2/b15-13+. The summed E-state index contributed by atoms with van der Waals surface area (Å²) >= 11 is 0. The number of aromatic amines is 1. The van der Waals surface area contributed by atoms with Crippen LogP contribution in [0, 0.1) is 0 Å². The van der Waals surface area contributed by atoms with E-state index in [1.807, 2.05) is 30.5 Å². The fourth-order valence-corrected chi connectivity index (χ4v) is 2.58. The topological polar surface area (TPSA) is 79.4 Å². The summed E-state index contributed by atoms with van der Waals surface area (Å²) in [5.41, 5.74) is 2.04. The van der Waals surface area contributed by atoms with Crippen LogP contribution >= 0.6 is 0 Å². The molecule has 5 heteroatoms. The van der Waals surface area contributed by atoms with Gasteiger partial charge in [0.1, 0.15) is 11.3 Å². The van der Waals surface area contributed by atoms with E-state index in [4.69, 9.17) is 0 Å². The Morgan fingerprint density at radius 1 is 1.29 bits per heavy atom. The minimum absolute atomic E-state index is 0.164. The lowest BCUT2D eigenvalue weighted by molar-refractivity contribution is -0.135. The van der Waals surface area contributed by atoms with E-state index in [0.717, 1.165) is 22.9 Å². The van der Waals surface area contributed by atoms with Crippen molar-refractivity contribution in [3.8, 4) is 0 Å². The van der Waals surface area contributed by atoms with Crippen LogP contribution in [0.3, 0.4) is 0 Å². The number of hydrogen-bond donors (Lipinski definition) is 2. The zero-order valence-corrected chi connectivity index (χ0v) is 11.4. The van der Waals surface area contributed by atoms with Gasteiger partial charge in [-0.2, -0.15) is 0 Å². The van der Waals surface area contributed by atoms with Gasteiger partial charge in [0.25, 0.3) is 0 Å². The van der Waals surface area contributed by atoms with Gasteiger partial charge in [0.15, 0.2) is 6.61 Å². The number of rotatable bonds is 4. The Hall–Kier alpha value is -2.56. The van der Waals surface area contributed by atoms with Gasteiger partial charge in [-0.25, -0.2) is 4.79 Å². The summed E-state index contributed by atoms with van der Waals surface area (Å²) in [5.74, 6) is -1.32. The lowest BCUT2D eigenvalue weighted by Gasteiger charge is -2.02. The van der Waals surface area contributed by atoms with E-state index in [1.165, 1.54) is 0 Å². The Balaban J connectivity index is 1.68. The van der Waals surface area contributed by atoms with Crippen LogP contribution < -0.4 is 0 Å². The number of ether oxygens (including phenoxy) is 1. The van der Waals surface area contributed by atoms with Crippen molar-refractivity contribution in [3.05, 3.63) is 47.4 Å². The molecule has 1 aliphatic rings. The van der Waals surface area contributed by atoms with Gasteiger partial charge >= 0.3 is 5.97 Å². The van der Waals surface area contributed by atoms with Gasteiger partial charge in [0.2, 0.25) is 5.78 Å². The van der Waals surface area contributed by atoms with E-state index >= 15 is 0 Å². The number of cyclic esters (lactones) is 1. The second kappa shape index (κ2) is 5.44. The number of allylic oxidation sites excluding steroid dienone is 1. The summed E-state index contributed by atoms with van der Waals surface area (Å²) in [7, 11) is 0. The van der Waals surface area contributed by atoms with Crippen molar-refractivity contribution in [2.45, 2.75) is 19.3 Å². The zero-order chi connectivity index (χ0) is 14.8. The maximum Gasteiger partial charge on any atom is 0.345 e. The van der Waals surface area contributed by atoms with Crippen molar-refractivity contribution in [1.29, 1.82) is 0 Å². The molecule has 5 nitrogen and oxygen atoms in total. The molecule has 0 radical (unpaired) electrons. The summed E-state index contributed by atoms with van der Waals surface area (Å²) in [5, 5.41) is 11.0. The molecule has 1 aromatic heterocycles. The summed E-state index contributed by atoms with van der Waals surface area (Å²) in [6, 6.07) is 7.99. The fourth-order valence-electron chi connectivity index (χ4n) is 2.58. The van der Waals surface area contributed by atoms with Gasteiger partial charge in [-0.15, -0.1) is 0 Å². The molecule has 2 N–H and O–H groups in total. The molecule has 0 bridgehead atoms. The van der Waals surface area contributed by atoms with E-state index in [1.54, 1.807) is 0 Å². The first-order valence-electron chi connectivity index (χ1n) is 6.84. The Labute approximate surface area is 121 Å². The predicted molar refractivity (Wildman–Crippen MR) is 76.9 cm³/mol. The van der Waals surface area contributed by atoms with E-state index in [2.05, 4.69) is 9.72 Å². The molecule has 108 valence electrons. The fraction of sp³-hybridized carbons (Fsp3) is 0.250. The highest BCUT2D eigenvalue weighted by molar-refractivity contribution is 6.22. The average Bonchev–Trinajstić information content (AvgIpc) is 3.03. The van der Waals surface area contributed by atoms with Crippen molar-refractivity contribution >= 4 is 22.7 Å². The molecule has 0 aliphatic carbocycles. The van der Waals surface area contributed by atoms with Crippen LogP contribution in [0.4, 0.5) is 0 Å². The van der Waals surface area contributed by atoms with Gasteiger partial charge in [0.05, 0.1) is 0 Å². The first-order valence-corrected chi connectivity index (χ1v) is 6.84. The number of carbonyl (C=O) groups excluding carboxylic acids is 2. The van der Waals surface area contributed by atoms with Crippen molar-refractivity contribution in [1.82, 2.24) is 4.98 Å². The Morgan fingerprint density at radius 3 is 2.86 bits per heavy atom. The van der Waals surface area contributed by atoms with Crippen LogP contribution in [0.1, 0.15) is 18.4 Å². The quantitative estimate of drug-likeness (QED) is 0.391. The highest BCUT2D eigenvalue weighted by Gasteiger charge is 2.31. The molecule has 0 amide bonds. The number of H-pyrrole nitrogens is 1. The normalized spacial score (nSPS) is 17.3. The molecule has 1 fully saturated rings. The summed E-state index contributed by atoms with van der Waals surface area (Å²) in [6.07, 6.45) is 3.64. The third kappa shape index (κ3) is 2.54. The van der Waals surface area contributed by atoms with Gasteiger partial charge in [0, 0.05) is 23.5 Å². The Morgan fingerprint density at radius 2 is 2.10 bits per heavy atom. The van der Waals surface area contributed by atoms with Crippen molar-refractivity contribution < 1.29 is 19.4 Å². The second-order valence-electron chi connectivity index (χ2n) is 5.03. The first-order chi connectivity index (χ1) is 10.2. The SMILES string of the molecule is O=C1COC(=O)/C1=C(/O)CCCc1c[nH]c2ccccc12. The van der Waals surface area contributed by atoms with Crippen LogP contribution in [0.5, 0.6) is 0 Å². The van der Waals surface area contributed by atoms with Crippen molar-refractivity contribution in [3.63, 3.8) is 0 Å². The number of aromatic nitrogens is 1. The van der Waals surface area contributed by atoms with Gasteiger partial charge < -0.3 is 14.8 Å². The number of aliphatic hydroxyl groups is 1. The lowest BCUT2D eigenvalue weighted by Crippen LogP contribution is -2.06. The number of Topliss-reactive ketones (excluding diaryl/α,β-unsaturated/α-hetero) is 1.